The van der Waals surface area contributed by atoms with Crippen molar-refractivity contribution >= 4 is 5.91 Å². The number of ether oxygens (including phenoxy) is 1. The molecule has 118 valence electrons. The molecule has 2 atom stereocenters. The zero-order chi connectivity index (χ0) is 16.1. The quantitative estimate of drug-likeness (QED) is 0.850. The van der Waals surface area contributed by atoms with Crippen LogP contribution in [0.15, 0.2) is 36.7 Å². The first kappa shape index (κ1) is 16.0. The normalized spacial score (nSPS) is 13.5. The van der Waals surface area contributed by atoms with Gasteiger partial charge < -0.3 is 15.4 Å². The molecule has 0 saturated carbocycles. The first-order chi connectivity index (χ1) is 10.5. The molecule has 1 heterocycles. The zero-order valence-corrected chi connectivity index (χ0v) is 13.3. The van der Waals surface area contributed by atoms with E-state index in [9.17, 15) is 4.79 Å². The fourth-order valence-electron chi connectivity index (χ4n) is 2.31. The van der Waals surface area contributed by atoms with E-state index in [0.29, 0.717) is 0 Å². The average molecular weight is 302 g/mol. The highest BCUT2D eigenvalue weighted by Gasteiger charge is 2.21. The Morgan fingerprint density at radius 1 is 1.27 bits per heavy atom. The Hall–Kier alpha value is -2.34. The molecular weight excluding hydrogens is 280 g/mol. The monoisotopic (exact) mass is 302 g/mol. The Labute approximate surface area is 130 Å². The van der Waals surface area contributed by atoms with Gasteiger partial charge >= 0.3 is 0 Å². The van der Waals surface area contributed by atoms with Crippen LogP contribution in [0.4, 0.5) is 0 Å². The summed E-state index contributed by atoms with van der Waals surface area (Å²) < 4.78 is 6.82. The molecule has 6 heteroatoms. The SMILES string of the molecule is CNC(C(=O)NC(C)c1ccc(OC)cc1)c1cnn(C)c1. The van der Waals surface area contributed by atoms with E-state index in [1.165, 1.54) is 0 Å². The summed E-state index contributed by atoms with van der Waals surface area (Å²) in [5, 5.41) is 10.1. The molecule has 0 fully saturated rings. The number of rotatable bonds is 6. The third-order valence-corrected chi connectivity index (χ3v) is 3.58. The van der Waals surface area contributed by atoms with Crippen LogP contribution in [-0.4, -0.2) is 29.8 Å². The van der Waals surface area contributed by atoms with Gasteiger partial charge in [0.15, 0.2) is 0 Å². The number of methoxy groups -OCH3 is 1. The number of hydrogen-bond acceptors (Lipinski definition) is 4. The number of amides is 1. The Bertz CT molecular complexity index is 621. The molecule has 2 N–H and O–H groups in total. The van der Waals surface area contributed by atoms with Gasteiger partial charge in [-0.05, 0) is 31.7 Å². The van der Waals surface area contributed by atoms with Crippen molar-refractivity contribution < 1.29 is 9.53 Å². The second-order valence-electron chi connectivity index (χ2n) is 5.17. The summed E-state index contributed by atoms with van der Waals surface area (Å²) in [5.41, 5.74) is 1.86. The van der Waals surface area contributed by atoms with Crippen LogP contribution in [-0.2, 0) is 11.8 Å². The molecular formula is C16H22N4O2. The summed E-state index contributed by atoms with van der Waals surface area (Å²) >= 11 is 0. The zero-order valence-electron chi connectivity index (χ0n) is 13.3. The predicted octanol–water partition coefficient (Wildman–Crippen LogP) is 1.57. The van der Waals surface area contributed by atoms with Crippen molar-refractivity contribution in [3.63, 3.8) is 0 Å². The van der Waals surface area contributed by atoms with E-state index in [2.05, 4.69) is 15.7 Å². The number of benzene rings is 1. The van der Waals surface area contributed by atoms with E-state index < -0.39 is 6.04 Å². The fraction of sp³-hybridized carbons (Fsp3) is 0.375. The highest BCUT2D eigenvalue weighted by molar-refractivity contribution is 5.83. The number of aromatic nitrogens is 2. The molecule has 0 bridgehead atoms. The molecule has 1 aromatic carbocycles. The van der Waals surface area contributed by atoms with Crippen LogP contribution in [0.2, 0.25) is 0 Å². The van der Waals surface area contributed by atoms with Crippen LogP contribution < -0.4 is 15.4 Å². The van der Waals surface area contributed by atoms with Crippen LogP contribution in [0.3, 0.4) is 0 Å². The summed E-state index contributed by atoms with van der Waals surface area (Å²) in [6.07, 6.45) is 3.53. The average Bonchev–Trinajstić information content (AvgIpc) is 2.94. The first-order valence-corrected chi connectivity index (χ1v) is 7.15. The molecule has 0 aliphatic rings. The van der Waals surface area contributed by atoms with Gasteiger partial charge in [0, 0.05) is 18.8 Å². The van der Waals surface area contributed by atoms with E-state index in [0.717, 1.165) is 16.9 Å². The van der Waals surface area contributed by atoms with Crippen molar-refractivity contribution in [1.82, 2.24) is 20.4 Å². The van der Waals surface area contributed by atoms with Crippen molar-refractivity contribution in [2.45, 2.75) is 19.0 Å². The Morgan fingerprint density at radius 3 is 2.45 bits per heavy atom. The Kier molecular flexibility index (Phi) is 5.16. The Balaban J connectivity index is 2.05. The van der Waals surface area contributed by atoms with Crippen LogP contribution in [0.25, 0.3) is 0 Å². The predicted molar refractivity (Wildman–Crippen MR) is 84.6 cm³/mol. The summed E-state index contributed by atoms with van der Waals surface area (Å²) in [4.78, 5) is 12.5. The van der Waals surface area contributed by atoms with Crippen LogP contribution in [0.5, 0.6) is 5.75 Å². The molecule has 22 heavy (non-hydrogen) atoms. The van der Waals surface area contributed by atoms with Crippen molar-refractivity contribution in [3.05, 3.63) is 47.8 Å². The molecule has 2 unspecified atom stereocenters. The highest BCUT2D eigenvalue weighted by Crippen LogP contribution is 2.19. The maximum atomic E-state index is 12.5. The lowest BCUT2D eigenvalue weighted by Gasteiger charge is -2.19. The van der Waals surface area contributed by atoms with Gasteiger partial charge in [-0.3, -0.25) is 9.48 Å². The fourth-order valence-corrected chi connectivity index (χ4v) is 2.31. The molecule has 0 aliphatic carbocycles. The third-order valence-electron chi connectivity index (χ3n) is 3.58. The van der Waals surface area contributed by atoms with E-state index in [-0.39, 0.29) is 11.9 Å². The van der Waals surface area contributed by atoms with Gasteiger partial charge in [-0.1, -0.05) is 12.1 Å². The number of carbonyl (C=O) groups is 1. The minimum Gasteiger partial charge on any atom is -0.497 e. The van der Waals surface area contributed by atoms with Gasteiger partial charge in [0.05, 0.1) is 19.3 Å². The summed E-state index contributed by atoms with van der Waals surface area (Å²) in [6, 6.07) is 7.15. The lowest BCUT2D eigenvalue weighted by atomic mass is 10.1. The first-order valence-electron chi connectivity index (χ1n) is 7.15. The standard InChI is InChI=1S/C16H22N4O2/c1-11(12-5-7-14(22-4)8-6-12)19-16(21)15(17-2)13-9-18-20(3)10-13/h5-11,15,17H,1-4H3,(H,19,21). The van der Waals surface area contributed by atoms with Gasteiger partial charge in [-0.15, -0.1) is 0 Å². The second kappa shape index (κ2) is 7.09. The maximum Gasteiger partial charge on any atom is 0.242 e. The van der Waals surface area contributed by atoms with Crippen LogP contribution >= 0.6 is 0 Å². The number of aryl methyl sites for hydroxylation is 1. The molecule has 1 aromatic heterocycles. The molecule has 1 amide bonds. The number of likely N-dealkylation sites (N-methyl/N-ethyl adjacent to an activating group) is 1. The number of carbonyl (C=O) groups excluding carboxylic acids is 1. The van der Waals surface area contributed by atoms with Crippen molar-refractivity contribution in [2.75, 3.05) is 14.2 Å². The van der Waals surface area contributed by atoms with E-state index >= 15 is 0 Å². The number of nitrogens with zero attached hydrogens (tertiary/aromatic N) is 2. The van der Waals surface area contributed by atoms with Gasteiger partial charge in [0.1, 0.15) is 11.8 Å². The summed E-state index contributed by atoms with van der Waals surface area (Å²) in [5.74, 6) is 0.713. The van der Waals surface area contributed by atoms with Crippen LogP contribution in [0, 0.1) is 0 Å². The largest absolute Gasteiger partial charge is 0.497 e. The van der Waals surface area contributed by atoms with Crippen LogP contribution in [0.1, 0.15) is 30.1 Å². The molecule has 0 radical (unpaired) electrons. The molecule has 2 aromatic rings. The highest BCUT2D eigenvalue weighted by atomic mass is 16.5. The van der Waals surface area contributed by atoms with Gasteiger partial charge in [-0.2, -0.15) is 5.10 Å². The van der Waals surface area contributed by atoms with Gasteiger partial charge in [0.2, 0.25) is 5.91 Å². The lowest BCUT2D eigenvalue weighted by Crippen LogP contribution is -2.37. The second-order valence-corrected chi connectivity index (χ2v) is 5.17. The minimum atomic E-state index is -0.422. The molecule has 0 saturated heterocycles. The van der Waals surface area contributed by atoms with Gasteiger partial charge in [-0.25, -0.2) is 0 Å². The third kappa shape index (κ3) is 3.65. The topological polar surface area (TPSA) is 68.2 Å². The maximum absolute atomic E-state index is 12.5. The summed E-state index contributed by atoms with van der Waals surface area (Å²) in [6.45, 7) is 1.95. The van der Waals surface area contributed by atoms with E-state index in [4.69, 9.17) is 4.74 Å². The van der Waals surface area contributed by atoms with Crippen molar-refractivity contribution in [3.8, 4) is 5.75 Å². The number of nitrogens with one attached hydrogen (secondary N) is 2. The smallest absolute Gasteiger partial charge is 0.242 e. The summed E-state index contributed by atoms with van der Waals surface area (Å²) in [7, 11) is 5.22. The van der Waals surface area contributed by atoms with Gasteiger partial charge in [0.25, 0.3) is 0 Å². The van der Waals surface area contributed by atoms with Crippen molar-refractivity contribution in [1.29, 1.82) is 0 Å². The minimum absolute atomic E-state index is 0.0844. The lowest BCUT2D eigenvalue weighted by molar-refractivity contribution is -0.123. The van der Waals surface area contributed by atoms with E-state index in [1.807, 2.05) is 44.4 Å². The van der Waals surface area contributed by atoms with E-state index in [1.54, 1.807) is 25.0 Å². The molecule has 6 nitrogen and oxygen atoms in total. The van der Waals surface area contributed by atoms with Crippen molar-refractivity contribution in [2.24, 2.45) is 7.05 Å². The molecule has 2 rings (SSSR count). The molecule has 0 spiro atoms. The molecule has 0 aliphatic heterocycles. The number of hydrogen-bond donors (Lipinski definition) is 2. The Morgan fingerprint density at radius 2 is 1.95 bits per heavy atom.